The number of benzene rings is 1. The summed E-state index contributed by atoms with van der Waals surface area (Å²) in [5.41, 5.74) is -0.122. The summed E-state index contributed by atoms with van der Waals surface area (Å²) in [6.07, 6.45) is 0.732. The molecule has 2 aromatic rings. The van der Waals surface area contributed by atoms with Crippen molar-refractivity contribution in [1.29, 1.82) is 0 Å². The molecule has 7 heteroatoms. The minimum absolute atomic E-state index is 0.125. The molecule has 0 saturated heterocycles. The molecule has 2 rings (SSSR count). The third kappa shape index (κ3) is 4.57. The molecule has 0 saturated carbocycles. The molecule has 0 aliphatic rings. The second kappa shape index (κ2) is 6.51. The van der Waals surface area contributed by atoms with E-state index in [4.69, 9.17) is 4.74 Å². The van der Waals surface area contributed by atoms with Gasteiger partial charge in [0, 0.05) is 17.1 Å². The first-order valence-corrected chi connectivity index (χ1v) is 7.13. The van der Waals surface area contributed by atoms with Crippen molar-refractivity contribution >= 4 is 28.6 Å². The summed E-state index contributed by atoms with van der Waals surface area (Å²) >= 11 is 0. The Hall–Kier alpha value is -2.83. The van der Waals surface area contributed by atoms with E-state index >= 15 is 0 Å². The van der Waals surface area contributed by atoms with E-state index in [1.165, 1.54) is 6.20 Å². The number of pyridine rings is 1. The van der Waals surface area contributed by atoms with E-state index < -0.39 is 17.6 Å². The zero-order chi connectivity index (χ0) is 17.0. The van der Waals surface area contributed by atoms with Crippen LogP contribution in [0.15, 0.2) is 35.3 Å². The lowest BCUT2D eigenvalue weighted by Crippen LogP contribution is -2.37. The Balaban J connectivity index is 2.00. The lowest BCUT2D eigenvalue weighted by Gasteiger charge is -2.19. The van der Waals surface area contributed by atoms with Crippen molar-refractivity contribution in [2.75, 3.05) is 11.9 Å². The highest BCUT2D eigenvalue weighted by Crippen LogP contribution is 2.09. The van der Waals surface area contributed by atoms with Gasteiger partial charge in [0.05, 0.1) is 0 Å². The standard InChI is InChI=1S/C16H19N3O4/c1-16(2,3)23-15(22)18-9-13(20)19-12-8-17-11-7-5-4-6-10(11)14(12)21/h4-8H,9H2,1-3H3,(H,17,21)(H,18,22)(H,19,20). The molecule has 0 spiro atoms. The molecule has 3 N–H and O–H groups in total. The quantitative estimate of drug-likeness (QED) is 0.806. The molecule has 122 valence electrons. The zero-order valence-electron chi connectivity index (χ0n) is 13.2. The van der Waals surface area contributed by atoms with E-state index in [1.54, 1.807) is 45.0 Å². The summed E-state index contributed by atoms with van der Waals surface area (Å²) in [6, 6.07) is 6.99. The van der Waals surface area contributed by atoms with Crippen LogP contribution in [0.2, 0.25) is 0 Å². The highest BCUT2D eigenvalue weighted by molar-refractivity contribution is 5.95. The summed E-state index contributed by atoms with van der Waals surface area (Å²) < 4.78 is 5.02. The Labute approximate surface area is 133 Å². The van der Waals surface area contributed by atoms with Crippen LogP contribution < -0.4 is 16.1 Å². The van der Waals surface area contributed by atoms with Crippen molar-refractivity contribution in [3.8, 4) is 0 Å². The minimum atomic E-state index is -0.694. The number of para-hydroxylation sites is 1. The van der Waals surface area contributed by atoms with Gasteiger partial charge in [-0.25, -0.2) is 4.79 Å². The topological polar surface area (TPSA) is 100 Å². The second-order valence-corrected chi connectivity index (χ2v) is 5.98. The number of aromatic amines is 1. The number of fused-ring (bicyclic) bond motifs is 1. The number of amides is 2. The predicted molar refractivity (Wildman–Crippen MR) is 87.4 cm³/mol. The number of alkyl carbamates (subject to hydrolysis) is 1. The van der Waals surface area contributed by atoms with Gasteiger partial charge < -0.3 is 20.4 Å². The number of carbonyl (C=O) groups excluding carboxylic acids is 2. The van der Waals surface area contributed by atoms with Crippen LogP contribution in [0.3, 0.4) is 0 Å². The van der Waals surface area contributed by atoms with Crippen molar-refractivity contribution in [3.63, 3.8) is 0 Å². The first-order chi connectivity index (χ1) is 10.8. The van der Waals surface area contributed by atoms with Gasteiger partial charge in [0.2, 0.25) is 11.3 Å². The van der Waals surface area contributed by atoms with Crippen LogP contribution in [0.25, 0.3) is 10.9 Å². The van der Waals surface area contributed by atoms with Gasteiger partial charge in [0.1, 0.15) is 17.8 Å². The number of anilines is 1. The molecular formula is C16H19N3O4. The molecule has 0 unspecified atom stereocenters. The highest BCUT2D eigenvalue weighted by Gasteiger charge is 2.17. The average molecular weight is 317 g/mol. The first-order valence-electron chi connectivity index (χ1n) is 7.13. The minimum Gasteiger partial charge on any atom is -0.444 e. The van der Waals surface area contributed by atoms with Gasteiger partial charge in [-0.3, -0.25) is 9.59 Å². The van der Waals surface area contributed by atoms with Crippen molar-refractivity contribution in [2.45, 2.75) is 26.4 Å². The summed E-state index contributed by atoms with van der Waals surface area (Å²) in [6.45, 7) is 4.88. The molecule has 0 fully saturated rings. The molecule has 2 amide bonds. The smallest absolute Gasteiger partial charge is 0.408 e. The maximum absolute atomic E-state index is 12.2. The predicted octanol–water partition coefficient (Wildman–Crippen LogP) is 1.99. The Morgan fingerprint density at radius 1 is 1.22 bits per heavy atom. The molecule has 23 heavy (non-hydrogen) atoms. The van der Waals surface area contributed by atoms with Gasteiger partial charge in [0.25, 0.3) is 0 Å². The molecule has 1 heterocycles. The molecule has 0 atom stereocenters. The molecule has 1 aromatic heterocycles. The fourth-order valence-electron chi connectivity index (χ4n) is 1.92. The van der Waals surface area contributed by atoms with E-state index in [1.807, 2.05) is 0 Å². The van der Waals surface area contributed by atoms with E-state index in [2.05, 4.69) is 15.6 Å². The maximum atomic E-state index is 12.2. The van der Waals surface area contributed by atoms with Gasteiger partial charge in [-0.05, 0) is 32.9 Å². The largest absolute Gasteiger partial charge is 0.444 e. The second-order valence-electron chi connectivity index (χ2n) is 5.98. The number of hydrogen-bond donors (Lipinski definition) is 3. The number of hydrogen-bond acceptors (Lipinski definition) is 4. The van der Waals surface area contributed by atoms with Gasteiger partial charge in [-0.15, -0.1) is 0 Å². The number of H-pyrrole nitrogens is 1. The SMILES string of the molecule is CC(C)(C)OC(=O)NCC(=O)Nc1c[nH]c2ccccc2c1=O. The Kier molecular flexibility index (Phi) is 4.68. The number of rotatable bonds is 3. The number of aromatic nitrogens is 1. The summed E-state index contributed by atoms with van der Waals surface area (Å²) in [5.74, 6) is -0.517. The Bertz CT molecular complexity index is 790. The maximum Gasteiger partial charge on any atom is 0.408 e. The summed E-state index contributed by atoms with van der Waals surface area (Å²) in [5, 5.41) is 5.28. The molecule has 0 bridgehead atoms. The summed E-state index contributed by atoms with van der Waals surface area (Å²) in [4.78, 5) is 38.5. The summed E-state index contributed by atoms with van der Waals surface area (Å²) in [7, 11) is 0. The zero-order valence-corrected chi connectivity index (χ0v) is 13.2. The van der Waals surface area contributed by atoms with Gasteiger partial charge in [-0.2, -0.15) is 0 Å². The normalized spacial score (nSPS) is 11.1. The molecule has 0 aliphatic carbocycles. The van der Waals surface area contributed by atoms with Crippen LogP contribution in [0, 0.1) is 0 Å². The van der Waals surface area contributed by atoms with Crippen molar-refractivity contribution in [1.82, 2.24) is 10.3 Å². The van der Waals surface area contributed by atoms with Crippen LogP contribution in [-0.2, 0) is 9.53 Å². The van der Waals surface area contributed by atoms with Crippen LogP contribution in [0.4, 0.5) is 10.5 Å². The molecule has 1 aromatic carbocycles. The van der Waals surface area contributed by atoms with E-state index in [9.17, 15) is 14.4 Å². The molecule has 7 nitrogen and oxygen atoms in total. The number of ether oxygens (including phenoxy) is 1. The van der Waals surface area contributed by atoms with Crippen molar-refractivity contribution in [3.05, 3.63) is 40.7 Å². The Morgan fingerprint density at radius 3 is 2.61 bits per heavy atom. The first kappa shape index (κ1) is 16.5. The number of carbonyl (C=O) groups is 2. The highest BCUT2D eigenvalue weighted by atomic mass is 16.6. The van der Waals surface area contributed by atoms with Crippen LogP contribution in [0.1, 0.15) is 20.8 Å². The third-order valence-corrected chi connectivity index (χ3v) is 2.85. The molecular weight excluding hydrogens is 298 g/mol. The third-order valence-electron chi connectivity index (χ3n) is 2.85. The Morgan fingerprint density at radius 2 is 1.91 bits per heavy atom. The number of nitrogens with one attached hydrogen (secondary N) is 3. The fourth-order valence-corrected chi connectivity index (χ4v) is 1.92. The molecule has 0 aliphatic heterocycles. The van der Waals surface area contributed by atoms with E-state index in [0.29, 0.717) is 10.9 Å². The van der Waals surface area contributed by atoms with Crippen LogP contribution in [0.5, 0.6) is 0 Å². The molecule has 0 radical (unpaired) electrons. The van der Waals surface area contributed by atoms with Crippen LogP contribution in [-0.4, -0.2) is 29.1 Å². The lowest BCUT2D eigenvalue weighted by molar-refractivity contribution is -0.115. The average Bonchev–Trinajstić information content (AvgIpc) is 2.47. The fraction of sp³-hybridized carbons (Fsp3) is 0.312. The van der Waals surface area contributed by atoms with Crippen molar-refractivity contribution < 1.29 is 14.3 Å². The monoisotopic (exact) mass is 317 g/mol. The van der Waals surface area contributed by atoms with E-state index in [-0.39, 0.29) is 17.7 Å². The van der Waals surface area contributed by atoms with Gasteiger partial charge in [0.15, 0.2) is 0 Å². The lowest BCUT2D eigenvalue weighted by atomic mass is 10.2. The van der Waals surface area contributed by atoms with Crippen LogP contribution >= 0.6 is 0 Å². The van der Waals surface area contributed by atoms with Crippen molar-refractivity contribution in [2.24, 2.45) is 0 Å². The van der Waals surface area contributed by atoms with Gasteiger partial charge >= 0.3 is 6.09 Å². The van der Waals surface area contributed by atoms with Gasteiger partial charge in [-0.1, -0.05) is 12.1 Å². The van der Waals surface area contributed by atoms with E-state index in [0.717, 1.165) is 0 Å².